The van der Waals surface area contributed by atoms with Gasteiger partial charge >= 0.3 is 0 Å². The van der Waals surface area contributed by atoms with E-state index in [4.69, 9.17) is 5.73 Å². The number of pyridine rings is 1. The van der Waals surface area contributed by atoms with Crippen LogP contribution in [0.5, 0.6) is 0 Å². The fraction of sp³-hybridized carbons (Fsp3) is 0.214. The van der Waals surface area contributed by atoms with Crippen molar-refractivity contribution in [3.8, 4) is 0 Å². The normalized spacial score (nSPS) is 12.4. The molecule has 1 atom stereocenters. The van der Waals surface area contributed by atoms with E-state index in [2.05, 4.69) is 4.98 Å². The maximum atomic E-state index is 13.9. The Hall–Kier alpha value is -1.81. The molecule has 0 saturated carbocycles. The fourth-order valence-electron chi connectivity index (χ4n) is 1.89. The summed E-state index contributed by atoms with van der Waals surface area (Å²) < 4.78 is 27.5. The largest absolute Gasteiger partial charge is 0.323 e. The molecule has 2 rings (SSSR count). The minimum atomic E-state index is -0.714. The van der Waals surface area contributed by atoms with Crippen molar-refractivity contribution in [2.45, 2.75) is 19.4 Å². The van der Waals surface area contributed by atoms with Gasteiger partial charge in [0.15, 0.2) is 0 Å². The Morgan fingerprint density at radius 1 is 1.28 bits per heavy atom. The number of rotatable bonds is 3. The van der Waals surface area contributed by atoms with E-state index in [1.807, 2.05) is 6.07 Å². The van der Waals surface area contributed by atoms with Crippen molar-refractivity contribution in [2.24, 2.45) is 5.73 Å². The third kappa shape index (κ3) is 2.54. The number of nitrogens with zero attached hydrogens (tertiary/aromatic N) is 1. The lowest BCUT2D eigenvalue weighted by Gasteiger charge is -2.15. The summed E-state index contributed by atoms with van der Waals surface area (Å²) in [5.41, 5.74) is 7.08. The lowest BCUT2D eigenvalue weighted by atomic mass is 9.98. The summed E-state index contributed by atoms with van der Waals surface area (Å²) in [7, 11) is 0. The molecule has 0 saturated heterocycles. The van der Waals surface area contributed by atoms with Gasteiger partial charge < -0.3 is 5.73 Å². The molecular weight excluding hydrogens is 234 g/mol. The highest BCUT2D eigenvalue weighted by Gasteiger charge is 2.18. The summed E-state index contributed by atoms with van der Waals surface area (Å²) >= 11 is 0. The highest BCUT2D eigenvalue weighted by atomic mass is 19.1. The first-order valence-corrected chi connectivity index (χ1v) is 5.68. The minimum absolute atomic E-state index is 0.0566. The average Bonchev–Trinajstić information content (AvgIpc) is 2.36. The number of hydrogen-bond acceptors (Lipinski definition) is 2. The second-order valence-electron chi connectivity index (χ2n) is 4.26. The summed E-state index contributed by atoms with van der Waals surface area (Å²) in [6.45, 7) is 1.59. The molecule has 1 aromatic heterocycles. The Morgan fingerprint density at radius 2 is 2.06 bits per heavy atom. The molecule has 0 spiro atoms. The highest BCUT2D eigenvalue weighted by Crippen LogP contribution is 2.24. The van der Waals surface area contributed by atoms with Crippen LogP contribution in [0.25, 0.3) is 0 Å². The molecule has 0 radical (unpaired) electrons. The number of hydrogen-bond donors (Lipinski definition) is 1. The quantitative estimate of drug-likeness (QED) is 0.907. The first-order valence-electron chi connectivity index (χ1n) is 5.68. The van der Waals surface area contributed by atoms with Gasteiger partial charge in [-0.3, -0.25) is 4.98 Å². The van der Waals surface area contributed by atoms with Crippen molar-refractivity contribution in [1.82, 2.24) is 4.98 Å². The van der Waals surface area contributed by atoms with Crippen LogP contribution in [0.2, 0.25) is 0 Å². The van der Waals surface area contributed by atoms with Gasteiger partial charge in [-0.15, -0.1) is 0 Å². The molecule has 0 aliphatic carbocycles. The van der Waals surface area contributed by atoms with E-state index in [-0.39, 0.29) is 5.56 Å². The second-order valence-corrected chi connectivity index (χ2v) is 4.26. The zero-order chi connectivity index (χ0) is 13.1. The number of nitrogens with two attached hydrogens (primary N) is 1. The molecule has 2 aromatic rings. The van der Waals surface area contributed by atoms with E-state index in [0.29, 0.717) is 12.0 Å². The predicted molar refractivity (Wildman–Crippen MR) is 66.0 cm³/mol. The Balaban J connectivity index is 2.29. The molecule has 94 valence electrons. The van der Waals surface area contributed by atoms with Gasteiger partial charge in [-0.1, -0.05) is 12.1 Å². The Kier molecular flexibility index (Phi) is 3.67. The van der Waals surface area contributed by atoms with E-state index >= 15 is 0 Å². The highest BCUT2D eigenvalue weighted by molar-refractivity contribution is 5.30. The molecule has 1 aromatic carbocycles. The van der Waals surface area contributed by atoms with Gasteiger partial charge in [-0.2, -0.15) is 0 Å². The molecule has 4 heteroatoms. The van der Waals surface area contributed by atoms with Crippen molar-refractivity contribution in [3.63, 3.8) is 0 Å². The van der Waals surface area contributed by atoms with Crippen LogP contribution in [0, 0.1) is 18.6 Å². The molecule has 1 unspecified atom stereocenters. The Labute approximate surface area is 104 Å². The van der Waals surface area contributed by atoms with Crippen LogP contribution in [0.1, 0.15) is 22.7 Å². The predicted octanol–water partition coefficient (Wildman–Crippen LogP) is 2.91. The zero-order valence-corrected chi connectivity index (χ0v) is 10.0. The molecule has 0 aliphatic rings. The number of aryl methyl sites for hydroxylation is 1. The van der Waals surface area contributed by atoms with Crippen molar-refractivity contribution in [1.29, 1.82) is 0 Å². The fourth-order valence-corrected chi connectivity index (χ4v) is 1.89. The summed E-state index contributed by atoms with van der Waals surface area (Å²) in [4.78, 5) is 3.95. The Bertz CT molecular complexity index is 541. The van der Waals surface area contributed by atoms with Gasteiger partial charge in [0.2, 0.25) is 0 Å². The molecule has 0 amide bonds. The second kappa shape index (κ2) is 5.23. The van der Waals surface area contributed by atoms with E-state index < -0.39 is 17.7 Å². The lowest BCUT2D eigenvalue weighted by Crippen LogP contribution is -2.17. The molecule has 18 heavy (non-hydrogen) atoms. The standard InChI is InChI=1S/C14H14F2N2/c1-9-4-5-11(15)13(14(9)16)12(17)7-10-3-2-6-18-8-10/h2-6,8,12H,7,17H2,1H3. The first kappa shape index (κ1) is 12.6. The van der Waals surface area contributed by atoms with Gasteiger partial charge in [0, 0.05) is 24.0 Å². The average molecular weight is 248 g/mol. The lowest BCUT2D eigenvalue weighted by molar-refractivity contribution is 0.520. The van der Waals surface area contributed by atoms with Crippen LogP contribution in [0.15, 0.2) is 36.7 Å². The number of aromatic nitrogens is 1. The van der Waals surface area contributed by atoms with Crippen molar-refractivity contribution in [3.05, 3.63) is 65.0 Å². The summed E-state index contributed by atoms with van der Waals surface area (Å²) in [6.07, 6.45) is 3.64. The number of benzene rings is 1. The van der Waals surface area contributed by atoms with Crippen molar-refractivity contribution in [2.75, 3.05) is 0 Å². The first-order chi connectivity index (χ1) is 8.59. The number of halogens is 2. The maximum Gasteiger partial charge on any atom is 0.133 e. The summed E-state index contributed by atoms with van der Waals surface area (Å²) in [6, 6.07) is 5.54. The minimum Gasteiger partial charge on any atom is -0.323 e. The van der Waals surface area contributed by atoms with E-state index in [0.717, 1.165) is 5.56 Å². The van der Waals surface area contributed by atoms with E-state index in [1.165, 1.54) is 12.1 Å². The third-order valence-corrected chi connectivity index (χ3v) is 2.87. The van der Waals surface area contributed by atoms with Crippen LogP contribution >= 0.6 is 0 Å². The zero-order valence-electron chi connectivity index (χ0n) is 10.0. The van der Waals surface area contributed by atoms with Crippen LogP contribution in [0.4, 0.5) is 8.78 Å². The van der Waals surface area contributed by atoms with Crippen LogP contribution in [-0.4, -0.2) is 4.98 Å². The van der Waals surface area contributed by atoms with Gasteiger partial charge in [-0.05, 0) is 36.6 Å². The van der Waals surface area contributed by atoms with Gasteiger partial charge in [0.05, 0.1) is 0 Å². The monoisotopic (exact) mass is 248 g/mol. The molecular formula is C14H14F2N2. The third-order valence-electron chi connectivity index (χ3n) is 2.87. The van der Waals surface area contributed by atoms with Gasteiger partial charge in [-0.25, -0.2) is 8.78 Å². The SMILES string of the molecule is Cc1ccc(F)c(C(N)Cc2cccnc2)c1F. The summed E-state index contributed by atoms with van der Waals surface area (Å²) in [5.74, 6) is -1.17. The summed E-state index contributed by atoms with van der Waals surface area (Å²) in [5, 5.41) is 0. The van der Waals surface area contributed by atoms with Crippen LogP contribution in [0.3, 0.4) is 0 Å². The van der Waals surface area contributed by atoms with Gasteiger partial charge in [0.1, 0.15) is 11.6 Å². The van der Waals surface area contributed by atoms with E-state index in [9.17, 15) is 8.78 Å². The van der Waals surface area contributed by atoms with Gasteiger partial charge in [0.25, 0.3) is 0 Å². The molecule has 1 heterocycles. The molecule has 0 fully saturated rings. The van der Waals surface area contributed by atoms with Crippen molar-refractivity contribution >= 4 is 0 Å². The van der Waals surface area contributed by atoms with Crippen molar-refractivity contribution < 1.29 is 8.78 Å². The van der Waals surface area contributed by atoms with Crippen LogP contribution in [-0.2, 0) is 6.42 Å². The Morgan fingerprint density at radius 3 is 2.72 bits per heavy atom. The molecule has 0 bridgehead atoms. The molecule has 2 N–H and O–H groups in total. The molecule has 0 aliphatic heterocycles. The molecule has 2 nitrogen and oxygen atoms in total. The van der Waals surface area contributed by atoms with Crippen LogP contribution < -0.4 is 5.73 Å². The topological polar surface area (TPSA) is 38.9 Å². The maximum absolute atomic E-state index is 13.9. The van der Waals surface area contributed by atoms with E-state index in [1.54, 1.807) is 25.4 Å². The smallest absolute Gasteiger partial charge is 0.133 e.